The Morgan fingerprint density at radius 1 is 0.941 bits per heavy atom. The topological polar surface area (TPSA) is 111 Å². The fraction of sp³-hybridized carbons (Fsp3) is 0.545. The first-order chi connectivity index (χ1) is 24.2. The maximum Gasteiger partial charge on any atom is 0.416 e. The van der Waals surface area contributed by atoms with E-state index in [-0.39, 0.29) is 41.7 Å². The number of benzene rings is 1. The molecule has 3 aliphatic heterocycles. The van der Waals surface area contributed by atoms with E-state index in [1.807, 2.05) is 21.6 Å². The smallest absolute Gasteiger partial charge is 0.416 e. The van der Waals surface area contributed by atoms with Crippen molar-refractivity contribution in [3.05, 3.63) is 58.5 Å². The van der Waals surface area contributed by atoms with Gasteiger partial charge in [0.25, 0.3) is 0 Å². The fourth-order valence-electron chi connectivity index (χ4n) is 6.91. The predicted octanol–water partition coefficient (Wildman–Crippen LogP) is 6.16. The van der Waals surface area contributed by atoms with Crippen molar-refractivity contribution in [1.82, 2.24) is 19.9 Å². The van der Waals surface area contributed by atoms with Gasteiger partial charge >= 0.3 is 18.3 Å². The van der Waals surface area contributed by atoms with Crippen molar-refractivity contribution in [2.45, 2.75) is 63.6 Å². The van der Waals surface area contributed by atoms with Crippen molar-refractivity contribution in [3.63, 3.8) is 0 Å². The summed E-state index contributed by atoms with van der Waals surface area (Å²) in [5.74, 6) is -0.324. The van der Waals surface area contributed by atoms with Crippen molar-refractivity contribution in [2.24, 2.45) is 5.92 Å². The Morgan fingerprint density at radius 2 is 1.57 bits per heavy atom. The highest BCUT2D eigenvalue weighted by Crippen LogP contribution is 2.39. The first-order valence-electron chi connectivity index (χ1n) is 16.7. The van der Waals surface area contributed by atoms with Gasteiger partial charge in [0.2, 0.25) is 11.9 Å². The molecule has 1 aromatic carbocycles. The van der Waals surface area contributed by atoms with Crippen LogP contribution in [0.2, 0.25) is 5.02 Å². The van der Waals surface area contributed by atoms with Crippen LogP contribution in [-0.2, 0) is 28.4 Å². The summed E-state index contributed by atoms with van der Waals surface area (Å²) >= 11 is 6.66. The Balaban J connectivity index is 1.33. The van der Waals surface area contributed by atoms with Crippen molar-refractivity contribution in [3.8, 4) is 0 Å². The number of carbonyl (C=O) groups is 1. The van der Waals surface area contributed by atoms with E-state index < -0.39 is 41.4 Å². The summed E-state index contributed by atoms with van der Waals surface area (Å²) in [6.45, 7) is 5.06. The van der Waals surface area contributed by atoms with Crippen LogP contribution in [0.15, 0.2) is 36.8 Å². The lowest BCUT2D eigenvalue weighted by molar-refractivity contribution is -0.144. The second-order valence-electron chi connectivity index (χ2n) is 12.9. The molecule has 3 fully saturated rings. The van der Waals surface area contributed by atoms with E-state index in [4.69, 9.17) is 21.3 Å². The lowest BCUT2D eigenvalue weighted by atomic mass is 9.97. The number of hydrogen-bond donors (Lipinski definition) is 1. The molecule has 0 bridgehead atoms. The van der Waals surface area contributed by atoms with Gasteiger partial charge in [0.1, 0.15) is 5.02 Å². The van der Waals surface area contributed by atoms with Crippen LogP contribution in [0.1, 0.15) is 49.3 Å². The van der Waals surface area contributed by atoms with E-state index in [1.54, 1.807) is 17.3 Å². The molecule has 0 aliphatic carbocycles. The molecule has 3 aliphatic rings. The molecule has 18 heteroatoms. The highest BCUT2D eigenvalue weighted by molar-refractivity contribution is 6.32. The van der Waals surface area contributed by atoms with E-state index in [9.17, 15) is 36.2 Å². The van der Waals surface area contributed by atoms with E-state index in [1.165, 1.54) is 6.20 Å². The van der Waals surface area contributed by atoms with Crippen molar-refractivity contribution < 1.29 is 41.0 Å². The van der Waals surface area contributed by atoms with E-state index in [0.29, 0.717) is 82.5 Å². The second-order valence-corrected chi connectivity index (χ2v) is 13.3. The van der Waals surface area contributed by atoms with Gasteiger partial charge in [-0.1, -0.05) is 18.5 Å². The maximum absolute atomic E-state index is 13.8. The fourth-order valence-corrected chi connectivity index (χ4v) is 7.11. The summed E-state index contributed by atoms with van der Waals surface area (Å²) in [6.07, 6.45) is -3.38. The molecule has 5 heterocycles. The minimum atomic E-state index is -5.00. The molecule has 0 spiro atoms. The molecule has 1 N–H and O–H groups in total. The Kier molecular flexibility index (Phi) is 10.7. The zero-order valence-corrected chi connectivity index (χ0v) is 28.4. The SMILES string of the molecule is CCC1C[C@H](N(Cc2cc(C(F)(F)F)cc(C(F)(F)F)c2)c2ncc(N3CCOCC3)cn2)CN1c1nc(N2CCC(C(=O)O)CC2)ncc1Cl. The van der Waals surface area contributed by atoms with Crippen molar-refractivity contribution in [2.75, 3.05) is 65.5 Å². The third-order valence-electron chi connectivity index (χ3n) is 9.67. The zero-order chi connectivity index (χ0) is 36.5. The molecule has 2 aromatic heterocycles. The monoisotopic (exact) mass is 742 g/mol. The number of alkyl halides is 6. The average molecular weight is 743 g/mol. The predicted molar refractivity (Wildman–Crippen MR) is 177 cm³/mol. The molecule has 0 radical (unpaired) electrons. The number of aromatic nitrogens is 4. The highest BCUT2D eigenvalue weighted by atomic mass is 35.5. The molecule has 0 saturated carbocycles. The summed E-state index contributed by atoms with van der Waals surface area (Å²) < 4.78 is 88.4. The number of carboxylic acid groups (broad SMARTS) is 1. The average Bonchev–Trinajstić information content (AvgIpc) is 3.54. The van der Waals surface area contributed by atoms with Crippen molar-refractivity contribution in [1.29, 1.82) is 0 Å². The van der Waals surface area contributed by atoms with Gasteiger partial charge < -0.3 is 29.4 Å². The van der Waals surface area contributed by atoms with Gasteiger partial charge in [0, 0.05) is 45.3 Å². The number of halogens is 7. The third-order valence-corrected chi connectivity index (χ3v) is 9.94. The number of nitrogens with zero attached hydrogens (tertiary/aromatic N) is 8. The molecular formula is C33H37ClF6N8O3. The van der Waals surface area contributed by atoms with Gasteiger partial charge in [-0.25, -0.2) is 15.0 Å². The van der Waals surface area contributed by atoms with E-state index >= 15 is 0 Å². The van der Waals surface area contributed by atoms with Crippen LogP contribution in [-0.4, -0.2) is 89.0 Å². The Bertz CT molecular complexity index is 1650. The summed E-state index contributed by atoms with van der Waals surface area (Å²) in [5, 5.41) is 9.67. The van der Waals surface area contributed by atoms with Crippen LogP contribution in [0.25, 0.3) is 0 Å². The molecule has 51 heavy (non-hydrogen) atoms. The molecule has 11 nitrogen and oxygen atoms in total. The molecular weight excluding hydrogens is 706 g/mol. The van der Waals surface area contributed by atoms with Crippen LogP contribution < -0.4 is 19.6 Å². The molecule has 6 rings (SSSR count). The normalized spacial score (nSPS) is 20.6. The number of hydrogen-bond acceptors (Lipinski definition) is 10. The summed E-state index contributed by atoms with van der Waals surface area (Å²) in [7, 11) is 0. The zero-order valence-electron chi connectivity index (χ0n) is 27.7. The Morgan fingerprint density at radius 3 is 2.14 bits per heavy atom. The molecule has 2 atom stereocenters. The van der Waals surface area contributed by atoms with Gasteiger partial charge in [0.15, 0.2) is 5.82 Å². The lowest BCUT2D eigenvalue weighted by Crippen LogP contribution is -2.40. The summed E-state index contributed by atoms with van der Waals surface area (Å²) in [5.41, 5.74) is -2.28. The van der Waals surface area contributed by atoms with Crippen LogP contribution in [0.4, 0.5) is 49.7 Å². The number of aliphatic carboxylic acids is 1. The minimum Gasteiger partial charge on any atom is -0.481 e. The number of rotatable bonds is 9. The molecule has 3 saturated heterocycles. The van der Waals surface area contributed by atoms with Crippen LogP contribution in [0.3, 0.4) is 0 Å². The Labute approximate surface area is 295 Å². The third kappa shape index (κ3) is 8.35. The van der Waals surface area contributed by atoms with Gasteiger partial charge in [0.05, 0.1) is 60.6 Å². The minimum absolute atomic E-state index is 0.116. The summed E-state index contributed by atoms with van der Waals surface area (Å²) in [4.78, 5) is 37.3. The van der Waals surface area contributed by atoms with Gasteiger partial charge in [-0.2, -0.15) is 31.3 Å². The quantitative estimate of drug-likeness (QED) is 0.255. The number of anilines is 4. The van der Waals surface area contributed by atoms with E-state index in [0.717, 1.165) is 12.1 Å². The van der Waals surface area contributed by atoms with Gasteiger partial charge in [-0.15, -0.1) is 0 Å². The highest BCUT2D eigenvalue weighted by Gasteiger charge is 2.40. The number of piperidine rings is 1. The molecule has 0 amide bonds. The molecule has 3 aromatic rings. The number of ether oxygens (including phenoxy) is 1. The van der Waals surface area contributed by atoms with Crippen LogP contribution in [0, 0.1) is 5.92 Å². The molecule has 276 valence electrons. The van der Waals surface area contributed by atoms with Crippen LogP contribution >= 0.6 is 11.6 Å². The molecule has 1 unspecified atom stereocenters. The Hall–Kier alpha value is -4.12. The number of morpholine rings is 1. The maximum atomic E-state index is 13.8. The van der Waals surface area contributed by atoms with Gasteiger partial charge in [-0.3, -0.25) is 4.79 Å². The number of carboxylic acids is 1. The largest absolute Gasteiger partial charge is 0.481 e. The standard InChI is InChI=1S/C33H37ClF6N8O3/c1-2-24-14-25(19-47(24)28-27(34)17-43-31(44-28)46-5-3-21(4-6-46)29(49)50)48(30-41-15-26(16-42-30)45-7-9-51-10-8-45)18-20-11-22(32(35,36)37)13-23(12-20)33(38,39)40/h11-13,15-17,21,24-25H,2-10,14,18-19H2,1H3,(H,49,50)/t24?,25-/m0/s1. The van der Waals surface area contributed by atoms with Gasteiger partial charge in [-0.05, 0) is 49.4 Å². The first-order valence-corrected chi connectivity index (χ1v) is 17.1. The summed E-state index contributed by atoms with van der Waals surface area (Å²) in [6, 6.07) is 0.958. The first kappa shape index (κ1) is 36.7. The lowest BCUT2D eigenvalue weighted by Gasteiger charge is -2.32. The van der Waals surface area contributed by atoms with E-state index in [2.05, 4.69) is 15.0 Å². The second kappa shape index (κ2) is 14.9. The van der Waals surface area contributed by atoms with Crippen molar-refractivity contribution >= 4 is 41.0 Å². The van der Waals surface area contributed by atoms with Crippen LogP contribution in [0.5, 0.6) is 0 Å².